The summed E-state index contributed by atoms with van der Waals surface area (Å²) >= 11 is 0. The topological polar surface area (TPSA) is 32.8 Å². The molecule has 1 heterocycles. The fourth-order valence-electron chi connectivity index (χ4n) is 2.90. The van der Waals surface area contributed by atoms with Crippen LogP contribution in [-0.4, -0.2) is 23.4 Å². The molecule has 124 valence electrons. The molecule has 0 aromatic rings. The highest BCUT2D eigenvalue weighted by atomic mass is 16.6. The molecule has 1 saturated heterocycles. The summed E-state index contributed by atoms with van der Waals surface area (Å²) in [7, 11) is 0. The number of epoxide rings is 1. The molecule has 1 aliphatic rings. The summed E-state index contributed by atoms with van der Waals surface area (Å²) in [5.74, 6) is 0.701. The summed E-state index contributed by atoms with van der Waals surface area (Å²) in [6.07, 6.45) is 16.7. The van der Waals surface area contributed by atoms with Crippen LogP contribution in [0.25, 0.3) is 0 Å². The fraction of sp³-hybridized carbons (Fsp3) is 0.895. The van der Waals surface area contributed by atoms with E-state index in [1.54, 1.807) is 0 Å². The lowest BCUT2D eigenvalue weighted by Crippen LogP contribution is -2.16. The van der Waals surface area contributed by atoms with Crippen molar-refractivity contribution >= 4 is 0 Å². The van der Waals surface area contributed by atoms with E-state index in [2.05, 4.69) is 32.9 Å². The van der Waals surface area contributed by atoms with Gasteiger partial charge in [0.05, 0.1) is 6.10 Å². The van der Waals surface area contributed by atoms with E-state index in [1.165, 1.54) is 51.4 Å². The maximum Gasteiger partial charge on any atom is 0.114 e. The molecule has 1 rings (SSSR count). The van der Waals surface area contributed by atoms with Gasteiger partial charge in [0.2, 0.25) is 0 Å². The van der Waals surface area contributed by atoms with Crippen LogP contribution in [0.5, 0.6) is 0 Å². The molecule has 0 bridgehead atoms. The Kier molecular flexibility index (Phi) is 10.0. The highest BCUT2D eigenvalue weighted by molar-refractivity contribution is 5.06. The lowest BCUT2D eigenvalue weighted by Gasteiger charge is -2.11. The van der Waals surface area contributed by atoms with Crippen LogP contribution in [0, 0.1) is 5.92 Å². The maximum atomic E-state index is 10.1. The zero-order valence-electron chi connectivity index (χ0n) is 14.4. The van der Waals surface area contributed by atoms with Crippen LogP contribution < -0.4 is 0 Å². The standard InChI is InChI=1S/C19H36O2/c1-4-7-10-13-17(20)19-18(21-19)15-14-16(11-8-5-2)12-9-6-3/h14-20H,4-13H2,1-3H3/b15-14+/t17-,18-,19+/m1/s1. The smallest absolute Gasteiger partial charge is 0.114 e. The molecule has 2 nitrogen and oxygen atoms in total. The van der Waals surface area contributed by atoms with Gasteiger partial charge in [-0.15, -0.1) is 0 Å². The van der Waals surface area contributed by atoms with Crippen LogP contribution in [0.15, 0.2) is 12.2 Å². The van der Waals surface area contributed by atoms with Crippen molar-refractivity contribution in [2.24, 2.45) is 5.92 Å². The molecule has 1 aliphatic heterocycles. The van der Waals surface area contributed by atoms with Gasteiger partial charge in [0, 0.05) is 0 Å². The van der Waals surface area contributed by atoms with Crippen LogP contribution in [-0.2, 0) is 4.74 Å². The minimum atomic E-state index is -0.268. The molecule has 0 aromatic heterocycles. The Morgan fingerprint density at radius 2 is 1.52 bits per heavy atom. The summed E-state index contributed by atoms with van der Waals surface area (Å²) in [6, 6.07) is 0. The van der Waals surface area contributed by atoms with Crippen molar-refractivity contribution < 1.29 is 9.84 Å². The molecule has 0 aliphatic carbocycles. The molecule has 3 atom stereocenters. The Balaban J connectivity index is 2.27. The number of allylic oxidation sites excluding steroid dienone is 1. The Morgan fingerprint density at radius 1 is 0.905 bits per heavy atom. The van der Waals surface area contributed by atoms with Crippen molar-refractivity contribution in [3.05, 3.63) is 12.2 Å². The van der Waals surface area contributed by atoms with Crippen molar-refractivity contribution in [1.29, 1.82) is 0 Å². The van der Waals surface area contributed by atoms with Crippen molar-refractivity contribution in [2.45, 2.75) is 103 Å². The van der Waals surface area contributed by atoms with E-state index >= 15 is 0 Å². The van der Waals surface area contributed by atoms with Gasteiger partial charge >= 0.3 is 0 Å². The second-order valence-corrected chi connectivity index (χ2v) is 6.56. The first-order chi connectivity index (χ1) is 10.2. The maximum absolute atomic E-state index is 10.1. The van der Waals surface area contributed by atoms with Gasteiger partial charge in [-0.2, -0.15) is 0 Å². The minimum absolute atomic E-state index is 0.0658. The molecule has 0 unspecified atom stereocenters. The zero-order chi connectivity index (χ0) is 15.5. The predicted octanol–water partition coefficient (Wildman–Crippen LogP) is 5.25. The zero-order valence-corrected chi connectivity index (χ0v) is 14.4. The number of rotatable bonds is 13. The molecule has 0 saturated carbocycles. The normalized spacial score (nSPS) is 23.1. The summed E-state index contributed by atoms with van der Waals surface area (Å²) in [4.78, 5) is 0. The monoisotopic (exact) mass is 296 g/mol. The van der Waals surface area contributed by atoms with Gasteiger partial charge in [-0.05, 0) is 25.2 Å². The molecule has 2 heteroatoms. The molecule has 21 heavy (non-hydrogen) atoms. The second kappa shape index (κ2) is 11.3. The summed E-state index contributed by atoms with van der Waals surface area (Å²) < 4.78 is 5.63. The number of aliphatic hydroxyl groups is 1. The number of hydrogen-bond donors (Lipinski definition) is 1. The van der Waals surface area contributed by atoms with Crippen LogP contribution in [0.3, 0.4) is 0 Å². The van der Waals surface area contributed by atoms with E-state index in [0.717, 1.165) is 12.8 Å². The summed E-state index contributed by atoms with van der Waals surface area (Å²) in [6.45, 7) is 6.71. The highest BCUT2D eigenvalue weighted by Gasteiger charge is 2.41. The first kappa shape index (κ1) is 18.7. The van der Waals surface area contributed by atoms with E-state index in [9.17, 15) is 5.11 Å². The molecule has 0 amide bonds. The summed E-state index contributed by atoms with van der Waals surface area (Å²) in [5.41, 5.74) is 0. The fourth-order valence-corrected chi connectivity index (χ4v) is 2.90. The molecular weight excluding hydrogens is 260 g/mol. The Hall–Kier alpha value is -0.340. The lowest BCUT2D eigenvalue weighted by atomic mass is 9.95. The largest absolute Gasteiger partial charge is 0.390 e. The van der Waals surface area contributed by atoms with Crippen LogP contribution in [0.1, 0.15) is 85.0 Å². The van der Waals surface area contributed by atoms with Crippen molar-refractivity contribution in [3.63, 3.8) is 0 Å². The van der Waals surface area contributed by atoms with Gasteiger partial charge < -0.3 is 9.84 Å². The number of unbranched alkanes of at least 4 members (excludes halogenated alkanes) is 4. The number of aliphatic hydroxyl groups excluding tert-OH is 1. The van der Waals surface area contributed by atoms with Crippen LogP contribution >= 0.6 is 0 Å². The van der Waals surface area contributed by atoms with E-state index in [4.69, 9.17) is 4.74 Å². The highest BCUT2D eigenvalue weighted by Crippen LogP contribution is 2.30. The van der Waals surface area contributed by atoms with Gasteiger partial charge in [0.15, 0.2) is 0 Å². The molecule has 1 fully saturated rings. The number of ether oxygens (including phenoxy) is 1. The third-order valence-corrected chi connectivity index (χ3v) is 4.47. The van der Waals surface area contributed by atoms with E-state index < -0.39 is 0 Å². The lowest BCUT2D eigenvalue weighted by molar-refractivity contribution is 0.123. The third kappa shape index (κ3) is 8.01. The van der Waals surface area contributed by atoms with Gasteiger partial charge in [-0.3, -0.25) is 0 Å². The quantitative estimate of drug-likeness (QED) is 0.286. The molecule has 0 aromatic carbocycles. The average Bonchev–Trinajstić information content (AvgIpc) is 3.26. The van der Waals surface area contributed by atoms with Crippen molar-refractivity contribution in [3.8, 4) is 0 Å². The predicted molar refractivity (Wildman–Crippen MR) is 90.5 cm³/mol. The molecule has 1 N–H and O–H groups in total. The first-order valence-corrected chi connectivity index (χ1v) is 9.24. The average molecular weight is 296 g/mol. The van der Waals surface area contributed by atoms with E-state index in [1.807, 2.05) is 0 Å². The first-order valence-electron chi connectivity index (χ1n) is 9.24. The molecule has 0 spiro atoms. The van der Waals surface area contributed by atoms with Gasteiger partial charge in [-0.1, -0.05) is 77.9 Å². The van der Waals surface area contributed by atoms with Crippen molar-refractivity contribution in [2.75, 3.05) is 0 Å². The third-order valence-electron chi connectivity index (χ3n) is 4.47. The SMILES string of the molecule is CCCCC[C@@H](O)[C@@H]1O[C@@H]1/C=C/C(CCCC)CCCC. The van der Waals surface area contributed by atoms with Crippen LogP contribution in [0.2, 0.25) is 0 Å². The molecular formula is C19H36O2. The van der Waals surface area contributed by atoms with Gasteiger partial charge in [-0.25, -0.2) is 0 Å². The Morgan fingerprint density at radius 3 is 2.10 bits per heavy atom. The second-order valence-electron chi connectivity index (χ2n) is 6.56. The number of hydrogen-bond acceptors (Lipinski definition) is 2. The van der Waals surface area contributed by atoms with Gasteiger partial charge in [0.25, 0.3) is 0 Å². The minimum Gasteiger partial charge on any atom is -0.390 e. The van der Waals surface area contributed by atoms with Gasteiger partial charge in [0.1, 0.15) is 12.2 Å². The Bertz CT molecular complexity index is 267. The van der Waals surface area contributed by atoms with Crippen molar-refractivity contribution in [1.82, 2.24) is 0 Å². The molecule has 0 radical (unpaired) electrons. The van der Waals surface area contributed by atoms with Crippen LogP contribution in [0.4, 0.5) is 0 Å². The van der Waals surface area contributed by atoms with E-state index in [-0.39, 0.29) is 18.3 Å². The Labute approximate surface area is 132 Å². The summed E-state index contributed by atoms with van der Waals surface area (Å²) in [5, 5.41) is 10.1. The van der Waals surface area contributed by atoms with E-state index in [0.29, 0.717) is 5.92 Å².